The second-order valence-electron chi connectivity index (χ2n) is 4.10. The topological polar surface area (TPSA) is 30.9 Å². The van der Waals surface area contributed by atoms with Crippen LogP contribution in [0.1, 0.15) is 6.42 Å². The summed E-state index contributed by atoms with van der Waals surface area (Å²) in [5.74, 6) is 0. The molecule has 0 unspecified atom stereocenters. The van der Waals surface area contributed by atoms with E-state index in [9.17, 15) is 0 Å². The molecule has 5 heteroatoms. The van der Waals surface area contributed by atoms with Crippen LogP contribution in [0, 0.1) is 0 Å². The first-order chi connectivity index (χ1) is 7.20. The molecule has 0 aromatic rings. The van der Waals surface area contributed by atoms with Gasteiger partial charge in [0.2, 0.25) is 0 Å². The van der Waals surface area contributed by atoms with Crippen molar-refractivity contribution in [3.8, 4) is 0 Å². The van der Waals surface area contributed by atoms with Gasteiger partial charge in [0.15, 0.2) is 0 Å². The molecule has 1 aliphatic heterocycles. The zero-order valence-electron chi connectivity index (χ0n) is 10.1. The van der Waals surface area contributed by atoms with Gasteiger partial charge in [-0.1, -0.05) is 0 Å². The third-order valence-corrected chi connectivity index (χ3v) is 6.06. The van der Waals surface area contributed by atoms with E-state index < -0.39 is 8.56 Å². The number of rotatable bonds is 6. The second kappa shape index (κ2) is 6.60. The van der Waals surface area contributed by atoms with E-state index in [0.717, 1.165) is 45.3 Å². The Kier molecular flexibility index (Phi) is 5.77. The molecule has 4 nitrogen and oxygen atoms in total. The first-order valence-corrected chi connectivity index (χ1v) is 8.13. The van der Waals surface area contributed by atoms with Crippen LogP contribution in [0.4, 0.5) is 0 Å². The lowest BCUT2D eigenvalue weighted by atomic mass is 10.3. The van der Waals surface area contributed by atoms with E-state index in [2.05, 4.69) is 11.4 Å². The fraction of sp³-hybridized carbons (Fsp3) is 1.00. The van der Waals surface area contributed by atoms with Crippen molar-refractivity contribution in [1.29, 1.82) is 0 Å². The maximum absolute atomic E-state index is 5.45. The lowest BCUT2D eigenvalue weighted by Gasteiger charge is -2.28. The third kappa shape index (κ3) is 4.61. The van der Waals surface area contributed by atoms with E-state index in [1.165, 1.54) is 0 Å². The van der Waals surface area contributed by atoms with Crippen LogP contribution in [-0.4, -0.2) is 60.5 Å². The number of ether oxygens (including phenoxy) is 1. The van der Waals surface area contributed by atoms with Gasteiger partial charge in [-0.15, -0.1) is 0 Å². The molecule has 0 amide bonds. The molecule has 0 aromatic heterocycles. The molecule has 0 aromatic carbocycles. The van der Waals surface area contributed by atoms with Crippen molar-refractivity contribution >= 4 is 8.56 Å². The van der Waals surface area contributed by atoms with E-state index in [1.807, 2.05) is 0 Å². The maximum atomic E-state index is 5.45. The van der Waals surface area contributed by atoms with Gasteiger partial charge in [-0.25, -0.2) is 0 Å². The summed E-state index contributed by atoms with van der Waals surface area (Å²) in [4.78, 5) is 2.45. The Morgan fingerprint density at radius 1 is 1.20 bits per heavy atom. The molecule has 1 heterocycles. The first kappa shape index (κ1) is 13.1. The van der Waals surface area contributed by atoms with Gasteiger partial charge in [-0.3, -0.25) is 4.90 Å². The van der Waals surface area contributed by atoms with Crippen LogP contribution < -0.4 is 0 Å². The molecule has 0 spiro atoms. The average Bonchev–Trinajstić information content (AvgIpc) is 2.30. The first-order valence-electron chi connectivity index (χ1n) is 5.60. The molecule has 90 valence electrons. The maximum Gasteiger partial charge on any atom is 0.334 e. The summed E-state index contributed by atoms with van der Waals surface area (Å²) >= 11 is 0. The van der Waals surface area contributed by atoms with Crippen molar-refractivity contribution in [2.75, 3.05) is 47.1 Å². The zero-order chi connectivity index (χ0) is 11.1. The van der Waals surface area contributed by atoms with Gasteiger partial charge in [0.1, 0.15) is 0 Å². The molecule has 1 saturated heterocycles. The minimum atomic E-state index is -1.84. The highest BCUT2D eigenvalue weighted by Gasteiger charge is 2.28. The summed E-state index contributed by atoms with van der Waals surface area (Å²) in [5.41, 5.74) is 0. The summed E-state index contributed by atoms with van der Waals surface area (Å²) < 4.78 is 16.2. The van der Waals surface area contributed by atoms with Crippen molar-refractivity contribution in [1.82, 2.24) is 4.90 Å². The van der Waals surface area contributed by atoms with Crippen LogP contribution in [0.2, 0.25) is 12.6 Å². The predicted molar refractivity (Wildman–Crippen MR) is 62.3 cm³/mol. The summed E-state index contributed by atoms with van der Waals surface area (Å²) in [5, 5.41) is 0. The predicted octanol–water partition coefficient (Wildman–Crippen LogP) is 1.07. The van der Waals surface area contributed by atoms with Gasteiger partial charge in [0.05, 0.1) is 13.2 Å². The van der Waals surface area contributed by atoms with Crippen LogP contribution in [-0.2, 0) is 13.6 Å². The van der Waals surface area contributed by atoms with E-state index in [4.69, 9.17) is 13.6 Å². The van der Waals surface area contributed by atoms with Gasteiger partial charge >= 0.3 is 8.56 Å². The molecule has 0 N–H and O–H groups in total. The lowest BCUT2D eigenvalue weighted by molar-refractivity contribution is 0.0377. The van der Waals surface area contributed by atoms with Crippen LogP contribution >= 0.6 is 0 Å². The molecule has 15 heavy (non-hydrogen) atoms. The Morgan fingerprint density at radius 2 is 1.80 bits per heavy atom. The Labute approximate surface area is 93.7 Å². The summed E-state index contributed by atoms with van der Waals surface area (Å²) in [6, 6.07) is 1.07. The van der Waals surface area contributed by atoms with Crippen molar-refractivity contribution in [2.45, 2.75) is 19.0 Å². The Bertz CT molecular complexity index is 170. The van der Waals surface area contributed by atoms with Crippen LogP contribution in [0.25, 0.3) is 0 Å². The summed E-state index contributed by atoms with van der Waals surface area (Å²) in [6.07, 6.45) is 1.16. The highest BCUT2D eigenvalue weighted by molar-refractivity contribution is 6.65. The molecule has 1 fully saturated rings. The normalized spacial score (nSPS) is 19.4. The average molecular weight is 233 g/mol. The molecule has 1 rings (SSSR count). The van der Waals surface area contributed by atoms with Gasteiger partial charge in [0, 0.05) is 27.3 Å². The minimum absolute atomic E-state index is 0.878. The Morgan fingerprint density at radius 3 is 2.33 bits per heavy atom. The number of hydrogen-bond donors (Lipinski definition) is 0. The smallest absolute Gasteiger partial charge is 0.334 e. The van der Waals surface area contributed by atoms with Crippen molar-refractivity contribution < 1.29 is 13.6 Å². The second-order valence-corrected chi connectivity index (χ2v) is 7.68. The molecule has 0 aliphatic carbocycles. The van der Waals surface area contributed by atoms with Gasteiger partial charge in [-0.2, -0.15) is 0 Å². The van der Waals surface area contributed by atoms with Crippen LogP contribution in [0.5, 0.6) is 0 Å². The largest absolute Gasteiger partial charge is 0.398 e. The Balaban J connectivity index is 2.14. The molecular formula is C10H23NO3Si. The van der Waals surface area contributed by atoms with E-state index in [-0.39, 0.29) is 0 Å². The SMILES string of the molecule is CO[Si](C)(CCCN1CCOCC1)OC. The highest BCUT2D eigenvalue weighted by atomic mass is 28.4. The zero-order valence-corrected chi connectivity index (χ0v) is 11.1. The van der Waals surface area contributed by atoms with Gasteiger partial charge in [0.25, 0.3) is 0 Å². The lowest BCUT2D eigenvalue weighted by Crippen LogP contribution is -2.39. The fourth-order valence-electron chi connectivity index (χ4n) is 1.74. The number of nitrogens with zero attached hydrogens (tertiary/aromatic N) is 1. The molecule has 1 aliphatic rings. The van der Waals surface area contributed by atoms with E-state index in [1.54, 1.807) is 14.2 Å². The Hall–Kier alpha value is 0.0569. The molecule has 0 bridgehead atoms. The summed E-state index contributed by atoms with van der Waals surface area (Å²) in [6.45, 7) is 7.15. The van der Waals surface area contributed by atoms with Crippen LogP contribution in [0.15, 0.2) is 0 Å². The highest BCUT2D eigenvalue weighted by Crippen LogP contribution is 2.14. The molecule has 0 saturated carbocycles. The number of hydrogen-bond acceptors (Lipinski definition) is 4. The monoisotopic (exact) mass is 233 g/mol. The number of morpholine rings is 1. The van der Waals surface area contributed by atoms with Crippen molar-refractivity contribution in [3.63, 3.8) is 0 Å². The third-order valence-electron chi connectivity index (χ3n) is 3.07. The van der Waals surface area contributed by atoms with Gasteiger partial charge < -0.3 is 13.6 Å². The van der Waals surface area contributed by atoms with Gasteiger partial charge in [-0.05, 0) is 25.6 Å². The van der Waals surface area contributed by atoms with E-state index in [0.29, 0.717) is 0 Å². The summed E-state index contributed by atoms with van der Waals surface area (Å²) in [7, 11) is 1.67. The van der Waals surface area contributed by atoms with Crippen molar-refractivity contribution in [2.24, 2.45) is 0 Å². The standard InChI is InChI=1S/C10H23NO3Si/c1-12-15(3,13-2)10-4-5-11-6-8-14-9-7-11/h4-10H2,1-3H3. The van der Waals surface area contributed by atoms with Crippen molar-refractivity contribution in [3.05, 3.63) is 0 Å². The minimum Gasteiger partial charge on any atom is -0.398 e. The molecule has 0 atom stereocenters. The van der Waals surface area contributed by atoms with E-state index >= 15 is 0 Å². The fourth-order valence-corrected chi connectivity index (χ4v) is 3.11. The molecule has 0 radical (unpaired) electrons. The quantitative estimate of drug-likeness (QED) is 0.642. The molecular weight excluding hydrogens is 210 g/mol. The van der Waals surface area contributed by atoms with Crippen LogP contribution in [0.3, 0.4) is 0 Å².